The summed E-state index contributed by atoms with van der Waals surface area (Å²) in [5, 5.41) is 5.84. The maximum Gasteiger partial charge on any atom is 0.267 e. The highest BCUT2D eigenvalue weighted by atomic mass is 32.1. The number of aromatic nitrogens is 2. The summed E-state index contributed by atoms with van der Waals surface area (Å²) < 4.78 is 1.19. The molecule has 0 saturated heterocycles. The largest absolute Gasteiger partial charge is 0.291 e. The van der Waals surface area contributed by atoms with Crippen molar-refractivity contribution in [2.24, 2.45) is 0 Å². The molecule has 0 N–H and O–H groups in total. The SMILES string of the molecule is Cc1ccc(=O)n(CC(=O)c2cccs2)n1. The van der Waals surface area contributed by atoms with E-state index in [1.165, 1.54) is 22.1 Å². The topological polar surface area (TPSA) is 52.0 Å². The van der Waals surface area contributed by atoms with E-state index in [1.54, 1.807) is 19.1 Å². The van der Waals surface area contributed by atoms with E-state index in [9.17, 15) is 9.59 Å². The van der Waals surface area contributed by atoms with Crippen LogP contribution in [0.15, 0.2) is 34.4 Å². The van der Waals surface area contributed by atoms with Crippen LogP contribution in [0.25, 0.3) is 0 Å². The molecule has 4 nitrogen and oxygen atoms in total. The lowest BCUT2D eigenvalue weighted by atomic mass is 10.3. The predicted molar refractivity (Wildman–Crippen MR) is 61.9 cm³/mol. The molecule has 5 heteroatoms. The molecule has 82 valence electrons. The standard InChI is InChI=1S/C11H10N2O2S/c1-8-4-5-11(15)13(12-8)7-9(14)10-3-2-6-16-10/h2-6H,7H2,1H3. The summed E-state index contributed by atoms with van der Waals surface area (Å²) in [5.41, 5.74) is 0.467. The van der Waals surface area contributed by atoms with Crippen LogP contribution in [0.1, 0.15) is 15.4 Å². The van der Waals surface area contributed by atoms with E-state index in [-0.39, 0.29) is 17.9 Å². The van der Waals surface area contributed by atoms with E-state index < -0.39 is 0 Å². The molecule has 0 unspecified atom stereocenters. The fourth-order valence-corrected chi connectivity index (χ4v) is 1.97. The highest BCUT2D eigenvalue weighted by molar-refractivity contribution is 7.12. The van der Waals surface area contributed by atoms with Gasteiger partial charge in [0, 0.05) is 6.07 Å². The molecular weight excluding hydrogens is 224 g/mol. The molecule has 0 aliphatic heterocycles. The number of thiophene rings is 1. The number of hydrogen-bond donors (Lipinski definition) is 0. The zero-order chi connectivity index (χ0) is 11.5. The van der Waals surface area contributed by atoms with Gasteiger partial charge in [0.25, 0.3) is 5.56 Å². The van der Waals surface area contributed by atoms with Crippen molar-refractivity contribution in [1.82, 2.24) is 9.78 Å². The van der Waals surface area contributed by atoms with Crippen LogP contribution in [0.4, 0.5) is 0 Å². The van der Waals surface area contributed by atoms with Crippen LogP contribution in [0.2, 0.25) is 0 Å². The van der Waals surface area contributed by atoms with Gasteiger partial charge in [-0.15, -0.1) is 11.3 Å². The van der Waals surface area contributed by atoms with Crippen LogP contribution in [-0.4, -0.2) is 15.6 Å². The molecule has 2 aromatic rings. The molecule has 0 radical (unpaired) electrons. The summed E-state index contributed by atoms with van der Waals surface area (Å²) in [5.74, 6) is -0.0878. The number of carbonyl (C=O) groups excluding carboxylic acids is 1. The Morgan fingerprint density at radius 2 is 2.25 bits per heavy atom. The fraction of sp³-hybridized carbons (Fsp3) is 0.182. The molecule has 0 aromatic carbocycles. The summed E-state index contributed by atoms with van der Waals surface area (Å²) in [6.07, 6.45) is 0. The Morgan fingerprint density at radius 3 is 2.94 bits per heavy atom. The Kier molecular flexibility index (Phi) is 2.96. The van der Waals surface area contributed by atoms with Gasteiger partial charge in [0.2, 0.25) is 0 Å². The van der Waals surface area contributed by atoms with Gasteiger partial charge in [-0.05, 0) is 24.4 Å². The smallest absolute Gasteiger partial charge is 0.267 e. The van der Waals surface area contributed by atoms with E-state index in [0.29, 0.717) is 4.88 Å². The van der Waals surface area contributed by atoms with E-state index in [1.807, 2.05) is 11.4 Å². The second-order valence-corrected chi connectivity index (χ2v) is 4.32. The molecule has 0 saturated carbocycles. The van der Waals surface area contributed by atoms with Gasteiger partial charge < -0.3 is 0 Å². The molecule has 0 fully saturated rings. The lowest BCUT2D eigenvalue weighted by molar-refractivity contribution is 0.0969. The van der Waals surface area contributed by atoms with Crippen LogP contribution in [0.3, 0.4) is 0 Å². The van der Waals surface area contributed by atoms with Crippen LogP contribution in [0.5, 0.6) is 0 Å². The first-order valence-electron chi connectivity index (χ1n) is 4.78. The summed E-state index contributed by atoms with van der Waals surface area (Å²) in [4.78, 5) is 23.8. The molecule has 0 aliphatic carbocycles. The zero-order valence-corrected chi connectivity index (χ0v) is 9.53. The van der Waals surface area contributed by atoms with Crippen molar-refractivity contribution in [3.8, 4) is 0 Å². The average Bonchev–Trinajstić information content (AvgIpc) is 2.76. The van der Waals surface area contributed by atoms with Gasteiger partial charge >= 0.3 is 0 Å². The zero-order valence-electron chi connectivity index (χ0n) is 8.71. The number of ketones is 1. The average molecular weight is 234 g/mol. The first-order chi connectivity index (χ1) is 7.66. The van der Waals surface area contributed by atoms with Crippen LogP contribution in [0, 0.1) is 6.92 Å². The Hall–Kier alpha value is -1.75. The quantitative estimate of drug-likeness (QED) is 0.756. The second-order valence-electron chi connectivity index (χ2n) is 3.37. The van der Waals surface area contributed by atoms with Crippen molar-refractivity contribution in [3.05, 3.63) is 50.6 Å². The summed E-state index contributed by atoms with van der Waals surface area (Å²) in [6.45, 7) is 1.78. The lowest BCUT2D eigenvalue weighted by Crippen LogP contribution is -2.26. The monoisotopic (exact) mass is 234 g/mol. The second kappa shape index (κ2) is 4.40. The van der Waals surface area contributed by atoms with Gasteiger partial charge in [-0.1, -0.05) is 6.07 Å². The van der Waals surface area contributed by atoms with E-state index >= 15 is 0 Å². The Morgan fingerprint density at radius 1 is 1.44 bits per heavy atom. The Balaban J connectivity index is 2.25. The molecule has 0 atom stereocenters. The summed E-state index contributed by atoms with van der Waals surface area (Å²) in [7, 11) is 0. The molecule has 16 heavy (non-hydrogen) atoms. The van der Waals surface area contributed by atoms with Gasteiger partial charge in [-0.3, -0.25) is 9.59 Å². The third-order valence-corrected chi connectivity index (χ3v) is 3.00. The number of hydrogen-bond acceptors (Lipinski definition) is 4. The number of nitrogens with zero attached hydrogens (tertiary/aromatic N) is 2. The summed E-state index contributed by atoms with van der Waals surface area (Å²) >= 11 is 1.37. The Labute approximate surface area is 96.2 Å². The molecular formula is C11H10N2O2S. The number of aryl methyl sites for hydroxylation is 1. The van der Waals surface area contributed by atoms with Crippen molar-refractivity contribution < 1.29 is 4.79 Å². The van der Waals surface area contributed by atoms with Gasteiger partial charge in [-0.25, -0.2) is 4.68 Å². The van der Waals surface area contributed by atoms with Crippen molar-refractivity contribution in [3.63, 3.8) is 0 Å². The fourth-order valence-electron chi connectivity index (χ4n) is 1.32. The maximum absolute atomic E-state index is 11.7. The minimum atomic E-state index is -0.254. The van der Waals surface area contributed by atoms with Crippen LogP contribution < -0.4 is 5.56 Å². The summed E-state index contributed by atoms with van der Waals surface area (Å²) in [6, 6.07) is 6.61. The molecule has 2 aromatic heterocycles. The molecule has 0 aliphatic rings. The van der Waals surface area contributed by atoms with E-state index in [2.05, 4.69) is 5.10 Å². The highest BCUT2D eigenvalue weighted by Gasteiger charge is 2.09. The third kappa shape index (κ3) is 2.25. The molecule has 2 heterocycles. The van der Waals surface area contributed by atoms with Crippen molar-refractivity contribution >= 4 is 17.1 Å². The van der Waals surface area contributed by atoms with Crippen molar-refractivity contribution in [2.45, 2.75) is 13.5 Å². The van der Waals surface area contributed by atoms with Crippen LogP contribution in [-0.2, 0) is 6.54 Å². The first-order valence-corrected chi connectivity index (χ1v) is 5.66. The molecule has 2 rings (SSSR count). The van der Waals surface area contributed by atoms with Gasteiger partial charge in [0.1, 0.15) is 6.54 Å². The maximum atomic E-state index is 11.7. The molecule has 0 spiro atoms. The van der Waals surface area contributed by atoms with E-state index in [0.717, 1.165) is 5.69 Å². The van der Waals surface area contributed by atoms with Crippen molar-refractivity contribution in [1.29, 1.82) is 0 Å². The van der Waals surface area contributed by atoms with Gasteiger partial charge in [0.15, 0.2) is 5.78 Å². The van der Waals surface area contributed by atoms with Gasteiger partial charge in [0.05, 0.1) is 10.6 Å². The molecule has 0 amide bonds. The first kappa shape index (κ1) is 10.8. The van der Waals surface area contributed by atoms with E-state index in [4.69, 9.17) is 0 Å². The van der Waals surface area contributed by atoms with Crippen molar-refractivity contribution in [2.75, 3.05) is 0 Å². The number of rotatable bonds is 3. The number of Topliss-reactive ketones (excluding diaryl/α,β-unsaturated/α-hetero) is 1. The normalized spacial score (nSPS) is 10.3. The lowest BCUT2D eigenvalue weighted by Gasteiger charge is -2.02. The minimum absolute atomic E-state index is 0.00102. The van der Waals surface area contributed by atoms with Crippen LogP contribution >= 0.6 is 11.3 Å². The Bertz CT molecular complexity index is 558. The minimum Gasteiger partial charge on any atom is -0.291 e. The predicted octanol–water partition coefficient (Wildman–Crippen LogP) is 1.50. The molecule has 0 bridgehead atoms. The third-order valence-electron chi connectivity index (χ3n) is 2.09. The van der Waals surface area contributed by atoms with Gasteiger partial charge in [-0.2, -0.15) is 5.10 Å². The highest BCUT2D eigenvalue weighted by Crippen LogP contribution is 2.09. The number of carbonyl (C=O) groups is 1.